The van der Waals surface area contributed by atoms with Crippen molar-refractivity contribution in [1.29, 1.82) is 0 Å². The number of para-hydroxylation sites is 1. The molecule has 6 heteroatoms. The van der Waals surface area contributed by atoms with E-state index < -0.39 is 5.97 Å². The van der Waals surface area contributed by atoms with E-state index in [4.69, 9.17) is 14.6 Å². The summed E-state index contributed by atoms with van der Waals surface area (Å²) in [5.74, 6) is 0.214. The van der Waals surface area contributed by atoms with Crippen LogP contribution in [-0.4, -0.2) is 30.2 Å². The molecule has 0 saturated carbocycles. The number of carbonyl (C=O) groups excluding carboxylic acids is 1. The Kier molecular flexibility index (Phi) is 7.31. The van der Waals surface area contributed by atoms with Gasteiger partial charge in [-0.3, -0.25) is 9.59 Å². The number of nitrogens with one attached hydrogen (secondary N) is 1. The van der Waals surface area contributed by atoms with Gasteiger partial charge in [0, 0.05) is 13.0 Å². The van der Waals surface area contributed by atoms with Gasteiger partial charge in [-0.15, -0.1) is 0 Å². The van der Waals surface area contributed by atoms with Crippen molar-refractivity contribution in [2.24, 2.45) is 0 Å². The quantitative estimate of drug-likeness (QED) is 0.648. The largest absolute Gasteiger partial charge is 0.490 e. The lowest BCUT2D eigenvalue weighted by molar-refractivity contribution is -0.138. The fourth-order valence-corrected chi connectivity index (χ4v) is 2.09. The lowest BCUT2D eigenvalue weighted by atomic mass is 10.2. The van der Waals surface area contributed by atoms with E-state index >= 15 is 0 Å². The number of carboxylic acid groups (broad SMARTS) is 1. The molecule has 0 atom stereocenters. The molecule has 0 aliphatic rings. The Balaban J connectivity index is 1.71. The maximum Gasteiger partial charge on any atom is 0.303 e. The SMILES string of the molecule is O=C(O)CCC(=O)NCc1cccc(OCCOc2ccccc2)c1. The van der Waals surface area contributed by atoms with Crippen molar-refractivity contribution in [3.05, 3.63) is 60.2 Å². The topological polar surface area (TPSA) is 84.9 Å². The summed E-state index contributed by atoms with van der Waals surface area (Å²) in [6.07, 6.45) is -0.196. The van der Waals surface area contributed by atoms with Gasteiger partial charge in [-0.25, -0.2) is 0 Å². The standard InChI is InChI=1S/C19H21NO5/c21-18(9-10-19(22)23)20-14-15-5-4-8-17(13-15)25-12-11-24-16-6-2-1-3-7-16/h1-8,13H,9-12,14H2,(H,20,21)(H,22,23). The van der Waals surface area contributed by atoms with Crippen molar-refractivity contribution in [3.63, 3.8) is 0 Å². The molecule has 132 valence electrons. The van der Waals surface area contributed by atoms with Crippen LogP contribution in [0.4, 0.5) is 0 Å². The Bertz CT molecular complexity index is 687. The third kappa shape index (κ3) is 7.39. The summed E-state index contributed by atoms with van der Waals surface area (Å²) in [6, 6.07) is 16.9. The molecule has 0 saturated heterocycles. The predicted molar refractivity (Wildman–Crippen MR) is 92.6 cm³/mol. The minimum atomic E-state index is -0.983. The first-order valence-electron chi connectivity index (χ1n) is 8.01. The maximum absolute atomic E-state index is 11.5. The highest BCUT2D eigenvalue weighted by atomic mass is 16.5. The molecular formula is C19H21NO5. The number of hydrogen-bond donors (Lipinski definition) is 2. The monoisotopic (exact) mass is 343 g/mol. The second kappa shape index (κ2) is 9.97. The van der Waals surface area contributed by atoms with Gasteiger partial charge >= 0.3 is 5.97 Å². The zero-order valence-electron chi connectivity index (χ0n) is 13.8. The minimum absolute atomic E-state index is 0.0254. The highest BCUT2D eigenvalue weighted by Gasteiger charge is 2.05. The summed E-state index contributed by atoms with van der Waals surface area (Å²) in [7, 11) is 0. The average molecular weight is 343 g/mol. The summed E-state index contributed by atoms with van der Waals surface area (Å²) in [6.45, 7) is 1.17. The predicted octanol–water partition coefficient (Wildman–Crippen LogP) is 2.63. The van der Waals surface area contributed by atoms with Gasteiger partial charge < -0.3 is 19.9 Å². The van der Waals surface area contributed by atoms with E-state index in [0.717, 1.165) is 11.3 Å². The molecule has 0 unspecified atom stereocenters. The van der Waals surface area contributed by atoms with Crippen LogP contribution in [0.25, 0.3) is 0 Å². The highest BCUT2D eigenvalue weighted by molar-refractivity contribution is 5.80. The van der Waals surface area contributed by atoms with Crippen LogP contribution in [-0.2, 0) is 16.1 Å². The second-order valence-electron chi connectivity index (χ2n) is 5.33. The first kappa shape index (κ1) is 18.3. The molecular weight excluding hydrogens is 322 g/mol. The van der Waals surface area contributed by atoms with Crippen LogP contribution < -0.4 is 14.8 Å². The number of aliphatic carboxylic acids is 1. The number of carboxylic acids is 1. The zero-order valence-corrected chi connectivity index (χ0v) is 13.8. The Hall–Kier alpha value is -3.02. The molecule has 1 amide bonds. The van der Waals surface area contributed by atoms with Crippen LogP contribution in [0, 0.1) is 0 Å². The Morgan fingerprint density at radius 1 is 0.880 bits per heavy atom. The van der Waals surface area contributed by atoms with E-state index in [-0.39, 0.29) is 18.7 Å². The second-order valence-corrected chi connectivity index (χ2v) is 5.33. The number of rotatable bonds is 10. The first-order chi connectivity index (χ1) is 12.1. The smallest absolute Gasteiger partial charge is 0.303 e. The Morgan fingerprint density at radius 3 is 2.28 bits per heavy atom. The van der Waals surface area contributed by atoms with E-state index in [1.165, 1.54) is 0 Å². The Labute approximate surface area is 146 Å². The molecule has 0 spiro atoms. The zero-order chi connectivity index (χ0) is 17.9. The van der Waals surface area contributed by atoms with Crippen molar-refractivity contribution in [3.8, 4) is 11.5 Å². The summed E-state index contributed by atoms with van der Waals surface area (Å²) in [5.41, 5.74) is 0.880. The number of benzene rings is 2. The van der Waals surface area contributed by atoms with Crippen LogP contribution >= 0.6 is 0 Å². The molecule has 2 N–H and O–H groups in total. The average Bonchev–Trinajstić information content (AvgIpc) is 2.63. The molecule has 2 aromatic carbocycles. The van der Waals surface area contributed by atoms with Gasteiger partial charge in [0.1, 0.15) is 24.7 Å². The summed E-state index contributed by atoms with van der Waals surface area (Å²) in [4.78, 5) is 22.0. The molecule has 0 aliphatic heterocycles. The van der Waals surface area contributed by atoms with Crippen LogP contribution in [0.5, 0.6) is 11.5 Å². The first-order valence-corrected chi connectivity index (χ1v) is 8.01. The van der Waals surface area contributed by atoms with Crippen LogP contribution in [0.3, 0.4) is 0 Å². The fraction of sp³-hybridized carbons (Fsp3) is 0.263. The number of hydrogen-bond acceptors (Lipinski definition) is 4. The number of ether oxygens (including phenoxy) is 2. The van der Waals surface area contributed by atoms with E-state index in [9.17, 15) is 9.59 Å². The van der Waals surface area contributed by atoms with E-state index in [1.807, 2.05) is 54.6 Å². The molecule has 0 radical (unpaired) electrons. The Morgan fingerprint density at radius 2 is 1.56 bits per heavy atom. The van der Waals surface area contributed by atoms with Crippen molar-refractivity contribution < 1.29 is 24.2 Å². The summed E-state index contributed by atoms with van der Waals surface area (Å²) >= 11 is 0. The number of amides is 1. The molecule has 6 nitrogen and oxygen atoms in total. The molecule has 2 rings (SSSR count). The molecule has 25 heavy (non-hydrogen) atoms. The summed E-state index contributed by atoms with van der Waals surface area (Å²) < 4.78 is 11.2. The molecule has 0 aliphatic carbocycles. The van der Waals surface area contributed by atoms with Gasteiger partial charge in [-0.05, 0) is 29.8 Å². The van der Waals surface area contributed by atoms with Crippen molar-refractivity contribution in [2.45, 2.75) is 19.4 Å². The van der Waals surface area contributed by atoms with E-state index in [2.05, 4.69) is 5.32 Å². The minimum Gasteiger partial charge on any atom is -0.490 e. The van der Waals surface area contributed by atoms with Crippen LogP contribution in [0.2, 0.25) is 0 Å². The normalized spacial score (nSPS) is 10.1. The fourth-order valence-electron chi connectivity index (χ4n) is 2.09. The van der Waals surface area contributed by atoms with Crippen molar-refractivity contribution >= 4 is 11.9 Å². The van der Waals surface area contributed by atoms with E-state index in [1.54, 1.807) is 0 Å². The van der Waals surface area contributed by atoms with Crippen molar-refractivity contribution in [2.75, 3.05) is 13.2 Å². The molecule has 0 fully saturated rings. The van der Waals surface area contributed by atoms with Crippen LogP contribution in [0.1, 0.15) is 18.4 Å². The summed E-state index contributed by atoms with van der Waals surface area (Å²) in [5, 5.41) is 11.2. The maximum atomic E-state index is 11.5. The molecule has 0 bridgehead atoms. The lowest BCUT2D eigenvalue weighted by Crippen LogP contribution is -2.23. The van der Waals surface area contributed by atoms with E-state index in [0.29, 0.717) is 25.5 Å². The van der Waals surface area contributed by atoms with Gasteiger partial charge in [0.2, 0.25) is 5.91 Å². The van der Waals surface area contributed by atoms with Gasteiger partial charge in [0.05, 0.1) is 6.42 Å². The van der Waals surface area contributed by atoms with Crippen molar-refractivity contribution in [1.82, 2.24) is 5.32 Å². The van der Waals surface area contributed by atoms with Gasteiger partial charge in [-0.2, -0.15) is 0 Å². The molecule has 2 aromatic rings. The van der Waals surface area contributed by atoms with Crippen LogP contribution in [0.15, 0.2) is 54.6 Å². The van der Waals surface area contributed by atoms with Gasteiger partial charge in [-0.1, -0.05) is 30.3 Å². The molecule has 0 aromatic heterocycles. The third-order valence-electron chi connectivity index (χ3n) is 3.32. The van der Waals surface area contributed by atoms with Gasteiger partial charge in [0.25, 0.3) is 0 Å². The third-order valence-corrected chi connectivity index (χ3v) is 3.32. The molecule has 0 heterocycles. The highest BCUT2D eigenvalue weighted by Crippen LogP contribution is 2.14. The number of carbonyl (C=O) groups is 2. The van der Waals surface area contributed by atoms with Gasteiger partial charge in [0.15, 0.2) is 0 Å². The lowest BCUT2D eigenvalue weighted by Gasteiger charge is -2.10.